The lowest BCUT2D eigenvalue weighted by atomic mass is 9.94. The van der Waals surface area contributed by atoms with Crippen molar-refractivity contribution in [2.75, 3.05) is 13.1 Å². The molecule has 1 aliphatic carbocycles. The average Bonchev–Trinajstić information content (AvgIpc) is 3.63. The van der Waals surface area contributed by atoms with E-state index in [-0.39, 0.29) is 37.0 Å². The summed E-state index contributed by atoms with van der Waals surface area (Å²) in [5.74, 6) is -2.31. The van der Waals surface area contributed by atoms with Crippen molar-refractivity contribution < 1.29 is 31.8 Å². The van der Waals surface area contributed by atoms with Crippen molar-refractivity contribution in [3.05, 3.63) is 65.2 Å². The molecule has 0 radical (unpaired) electrons. The lowest BCUT2D eigenvalue weighted by molar-refractivity contribution is -0.144. The number of benzene rings is 2. The third-order valence-corrected chi connectivity index (χ3v) is 5.93. The number of ether oxygens (including phenoxy) is 2. The van der Waals surface area contributed by atoms with E-state index in [1.54, 1.807) is 17.0 Å². The zero-order valence-corrected chi connectivity index (χ0v) is 18.0. The topological polar surface area (TPSA) is 50.8 Å². The van der Waals surface area contributed by atoms with Crippen LogP contribution in [0.4, 0.5) is 17.6 Å². The van der Waals surface area contributed by atoms with Crippen LogP contribution in [0.1, 0.15) is 30.4 Å². The van der Waals surface area contributed by atoms with Crippen molar-refractivity contribution in [1.82, 2.24) is 10.2 Å². The number of carbonyl (C=O) groups excluding carboxylic acids is 1. The predicted octanol–water partition coefficient (Wildman–Crippen LogP) is 4.25. The number of alkyl halides is 2. The van der Waals surface area contributed by atoms with Gasteiger partial charge in [0.1, 0.15) is 5.75 Å². The summed E-state index contributed by atoms with van der Waals surface area (Å²) >= 11 is 0. The maximum absolute atomic E-state index is 13.5. The number of nitrogens with one attached hydrogen (secondary N) is 1. The SMILES string of the molecule is O=C(C1CNCCC1OCc1ccc(F)c(F)c1)N(Cc1cccc(OC(F)F)c1)C1CC1. The molecule has 2 aromatic carbocycles. The Hall–Kier alpha value is -2.65. The number of nitrogens with zero attached hydrogens (tertiary/aromatic N) is 1. The molecular weight excluding hydrogens is 440 g/mol. The third kappa shape index (κ3) is 6.23. The van der Waals surface area contributed by atoms with E-state index >= 15 is 0 Å². The van der Waals surface area contributed by atoms with Crippen molar-refractivity contribution in [3.8, 4) is 5.75 Å². The zero-order chi connectivity index (χ0) is 23.4. The molecule has 2 unspecified atom stereocenters. The number of hydrogen-bond acceptors (Lipinski definition) is 4. The Bertz CT molecular complexity index is 970. The number of rotatable bonds is 9. The van der Waals surface area contributed by atoms with Gasteiger partial charge in [0.05, 0.1) is 18.6 Å². The number of piperidine rings is 1. The molecule has 1 saturated carbocycles. The maximum atomic E-state index is 13.5. The normalized spacial score (nSPS) is 20.6. The highest BCUT2D eigenvalue weighted by Crippen LogP contribution is 2.32. The van der Waals surface area contributed by atoms with E-state index in [1.165, 1.54) is 18.2 Å². The smallest absolute Gasteiger partial charge is 0.387 e. The van der Waals surface area contributed by atoms with Gasteiger partial charge in [0.25, 0.3) is 0 Å². The van der Waals surface area contributed by atoms with Crippen LogP contribution < -0.4 is 10.1 Å². The van der Waals surface area contributed by atoms with Gasteiger partial charge in [-0.2, -0.15) is 8.78 Å². The molecule has 2 aliphatic rings. The van der Waals surface area contributed by atoms with E-state index < -0.39 is 24.2 Å². The molecule has 0 bridgehead atoms. The molecule has 0 aromatic heterocycles. The zero-order valence-electron chi connectivity index (χ0n) is 18.0. The van der Waals surface area contributed by atoms with Gasteiger partial charge < -0.3 is 19.7 Å². The van der Waals surface area contributed by atoms with Crippen molar-refractivity contribution in [1.29, 1.82) is 0 Å². The summed E-state index contributed by atoms with van der Waals surface area (Å²) in [5.41, 5.74) is 1.20. The summed E-state index contributed by atoms with van der Waals surface area (Å²) in [5, 5.41) is 3.23. The summed E-state index contributed by atoms with van der Waals surface area (Å²) in [6.45, 7) is -1.43. The second-order valence-electron chi connectivity index (χ2n) is 8.42. The van der Waals surface area contributed by atoms with Gasteiger partial charge in [-0.15, -0.1) is 0 Å². The van der Waals surface area contributed by atoms with Gasteiger partial charge in [-0.1, -0.05) is 18.2 Å². The minimum absolute atomic E-state index is 0.0535. The molecule has 1 N–H and O–H groups in total. The lowest BCUT2D eigenvalue weighted by Gasteiger charge is -2.35. The summed E-state index contributed by atoms with van der Waals surface area (Å²) < 4.78 is 62.3. The first-order valence-corrected chi connectivity index (χ1v) is 11.0. The number of hydrogen-bond donors (Lipinski definition) is 1. The lowest BCUT2D eigenvalue weighted by Crippen LogP contribution is -2.50. The monoisotopic (exact) mass is 466 g/mol. The van der Waals surface area contributed by atoms with E-state index in [0.29, 0.717) is 30.6 Å². The van der Waals surface area contributed by atoms with Crippen LogP contribution >= 0.6 is 0 Å². The third-order valence-electron chi connectivity index (χ3n) is 5.93. The standard InChI is InChI=1S/C24H26F4N2O3/c25-20-7-4-16(11-21(20)26)14-32-22-8-9-29-12-19(22)23(31)30(17-5-6-17)13-15-2-1-3-18(10-15)33-24(27)28/h1-4,7,10-11,17,19,22,24,29H,5-6,8-9,12-14H2. The Kier molecular flexibility index (Phi) is 7.49. The van der Waals surface area contributed by atoms with Crippen molar-refractivity contribution in [3.63, 3.8) is 0 Å². The fourth-order valence-corrected chi connectivity index (χ4v) is 4.12. The molecule has 1 saturated heterocycles. The fourth-order valence-electron chi connectivity index (χ4n) is 4.12. The number of halogens is 4. The first-order valence-electron chi connectivity index (χ1n) is 11.0. The van der Waals surface area contributed by atoms with Gasteiger partial charge in [0, 0.05) is 19.1 Å². The highest BCUT2D eigenvalue weighted by Gasteiger charge is 2.40. The maximum Gasteiger partial charge on any atom is 0.387 e. The quantitative estimate of drug-likeness (QED) is 0.562. The van der Waals surface area contributed by atoms with Crippen LogP contribution in [0, 0.1) is 17.6 Å². The second kappa shape index (κ2) is 10.5. The second-order valence-corrected chi connectivity index (χ2v) is 8.42. The van der Waals surface area contributed by atoms with Crippen molar-refractivity contribution in [2.45, 2.75) is 51.2 Å². The molecule has 1 heterocycles. The molecule has 178 valence electrons. The van der Waals surface area contributed by atoms with Gasteiger partial charge in [0.15, 0.2) is 11.6 Å². The van der Waals surface area contributed by atoms with Crippen LogP contribution in [0.2, 0.25) is 0 Å². The first kappa shape index (κ1) is 23.5. The minimum atomic E-state index is -2.91. The van der Waals surface area contributed by atoms with E-state index in [1.807, 2.05) is 0 Å². The molecular formula is C24H26F4N2O3. The van der Waals surface area contributed by atoms with Crippen LogP contribution in [-0.4, -0.2) is 42.7 Å². The molecule has 2 atom stereocenters. The predicted molar refractivity (Wildman–Crippen MR) is 113 cm³/mol. The Morgan fingerprint density at radius 1 is 1.06 bits per heavy atom. The van der Waals surface area contributed by atoms with Gasteiger partial charge >= 0.3 is 6.61 Å². The van der Waals surface area contributed by atoms with E-state index in [0.717, 1.165) is 25.0 Å². The Morgan fingerprint density at radius 3 is 2.61 bits per heavy atom. The summed E-state index contributed by atoms with van der Waals surface area (Å²) in [7, 11) is 0. The molecule has 0 spiro atoms. The van der Waals surface area contributed by atoms with E-state index in [4.69, 9.17) is 4.74 Å². The summed E-state index contributed by atoms with van der Waals surface area (Å²) in [6, 6.07) is 10.1. The first-order chi connectivity index (χ1) is 15.9. The largest absolute Gasteiger partial charge is 0.435 e. The molecule has 2 aromatic rings. The number of carbonyl (C=O) groups is 1. The fraction of sp³-hybridized carbons (Fsp3) is 0.458. The van der Waals surface area contributed by atoms with Gasteiger partial charge in [0.2, 0.25) is 5.91 Å². The molecule has 5 nitrogen and oxygen atoms in total. The average molecular weight is 466 g/mol. The van der Waals surface area contributed by atoms with Crippen LogP contribution in [0.5, 0.6) is 5.75 Å². The summed E-state index contributed by atoms with van der Waals surface area (Å²) in [6.07, 6.45) is 2.01. The Labute approximate surface area is 189 Å². The minimum Gasteiger partial charge on any atom is -0.435 e. The van der Waals surface area contributed by atoms with Gasteiger partial charge in [-0.05, 0) is 61.2 Å². The highest BCUT2D eigenvalue weighted by atomic mass is 19.3. The van der Waals surface area contributed by atoms with E-state index in [9.17, 15) is 22.4 Å². The Balaban J connectivity index is 1.44. The Morgan fingerprint density at radius 2 is 1.88 bits per heavy atom. The number of amides is 1. The highest BCUT2D eigenvalue weighted by molar-refractivity contribution is 5.80. The van der Waals surface area contributed by atoms with Crippen molar-refractivity contribution in [2.24, 2.45) is 5.92 Å². The molecule has 1 aliphatic heterocycles. The van der Waals surface area contributed by atoms with Crippen LogP contribution in [0.15, 0.2) is 42.5 Å². The molecule has 9 heteroatoms. The van der Waals surface area contributed by atoms with E-state index in [2.05, 4.69) is 10.1 Å². The van der Waals surface area contributed by atoms with Gasteiger partial charge in [-0.25, -0.2) is 8.78 Å². The van der Waals surface area contributed by atoms with Crippen LogP contribution in [0.3, 0.4) is 0 Å². The van der Waals surface area contributed by atoms with Crippen molar-refractivity contribution >= 4 is 5.91 Å². The van der Waals surface area contributed by atoms with Crippen LogP contribution in [0.25, 0.3) is 0 Å². The summed E-state index contributed by atoms with van der Waals surface area (Å²) in [4.78, 5) is 15.3. The molecule has 1 amide bonds. The van der Waals surface area contributed by atoms with Crippen LogP contribution in [-0.2, 0) is 22.7 Å². The van der Waals surface area contributed by atoms with Gasteiger partial charge in [-0.3, -0.25) is 4.79 Å². The molecule has 2 fully saturated rings. The molecule has 4 rings (SSSR count). The molecule has 33 heavy (non-hydrogen) atoms.